The molecule has 54 valence electrons. The van der Waals surface area contributed by atoms with Crippen molar-refractivity contribution in [1.29, 1.82) is 5.41 Å². The van der Waals surface area contributed by atoms with Crippen LogP contribution in [0.25, 0.3) is 0 Å². The Kier molecular flexibility index (Phi) is 2.00. The van der Waals surface area contributed by atoms with Crippen molar-refractivity contribution in [1.82, 2.24) is 0 Å². The van der Waals surface area contributed by atoms with Crippen molar-refractivity contribution in [2.75, 3.05) is 0 Å². The summed E-state index contributed by atoms with van der Waals surface area (Å²) in [6.07, 6.45) is 5.15. The molecule has 2 heteroatoms. The first-order valence-electron chi connectivity index (χ1n) is 3.28. The molecule has 0 radical (unpaired) electrons. The maximum Gasteiger partial charge on any atom is 0.121 e. The lowest BCUT2D eigenvalue weighted by atomic mass is 9.96. The zero-order valence-electron chi connectivity index (χ0n) is 5.89. The number of allylic oxidation sites excluding steroid dienone is 4. The standard InChI is InChI=1S/C8H10FN/c1-6-4-7(5-10)2-3-8(6)9/h2-3,5,7,10H,4H2,1H3. The molecule has 1 rings (SSSR count). The molecule has 0 amide bonds. The molecule has 1 nitrogen and oxygen atoms in total. The van der Waals surface area contributed by atoms with E-state index in [1.807, 2.05) is 0 Å². The first-order chi connectivity index (χ1) is 4.74. The summed E-state index contributed by atoms with van der Waals surface area (Å²) in [6.45, 7) is 1.76. The Morgan fingerprint density at radius 1 is 1.80 bits per heavy atom. The van der Waals surface area contributed by atoms with Crippen LogP contribution in [0.2, 0.25) is 0 Å². The zero-order chi connectivity index (χ0) is 7.56. The third-order valence-corrected chi connectivity index (χ3v) is 1.65. The summed E-state index contributed by atoms with van der Waals surface area (Å²) in [7, 11) is 0. The van der Waals surface area contributed by atoms with E-state index in [0.29, 0.717) is 6.42 Å². The molecule has 1 atom stereocenters. The van der Waals surface area contributed by atoms with E-state index in [1.165, 1.54) is 12.3 Å². The highest BCUT2D eigenvalue weighted by molar-refractivity contribution is 5.61. The van der Waals surface area contributed by atoms with E-state index in [2.05, 4.69) is 0 Å². The molecule has 0 saturated heterocycles. The zero-order valence-corrected chi connectivity index (χ0v) is 5.89. The summed E-state index contributed by atoms with van der Waals surface area (Å²) in [5, 5.41) is 6.93. The van der Waals surface area contributed by atoms with Gasteiger partial charge in [-0.3, -0.25) is 0 Å². The van der Waals surface area contributed by atoms with Crippen molar-refractivity contribution in [2.24, 2.45) is 5.92 Å². The fraction of sp³-hybridized carbons (Fsp3) is 0.375. The number of rotatable bonds is 1. The van der Waals surface area contributed by atoms with E-state index in [9.17, 15) is 4.39 Å². The van der Waals surface area contributed by atoms with Crippen LogP contribution in [0.3, 0.4) is 0 Å². The maximum atomic E-state index is 12.6. The Morgan fingerprint density at radius 3 is 3.00 bits per heavy atom. The fourth-order valence-electron chi connectivity index (χ4n) is 0.984. The van der Waals surface area contributed by atoms with Gasteiger partial charge in [0.2, 0.25) is 0 Å². The van der Waals surface area contributed by atoms with Crippen molar-refractivity contribution in [3.05, 3.63) is 23.6 Å². The highest BCUT2D eigenvalue weighted by atomic mass is 19.1. The Morgan fingerprint density at radius 2 is 2.50 bits per heavy atom. The second kappa shape index (κ2) is 2.78. The molecule has 0 aromatic carbocycles. The van der Waals surface area contributed by atoms with Gasteiger partial charge in [-0.2, -0.15) is 0 Å². The predicted molar refractivity (Wildman–Crippen MR) is 39.8 cm³/mol. The van der Waals surface area contributed by atoms with Crippen LogP contribution in [0, 0.1) is 11.3 Å². The van der Waals surface area contributed by atoms with Gasteiger partial charge < -0.3 is 5.41 Å². The minimum Gasteiger partial charge on any atom is -0.312 e. The Balaban J connectivity index is 2.73. The molecule has 0 aromatic rings. The summed E-state index contributed by atoms with van der Waals surface area (Å²) in [5.41, 5.74) is 0.746. The van der Waals surface area contributed by atoms with Gasteiger partial charge in [0.1, 0.15) is 5.83 Å². The van der Waals surface area contributed by atoms with Crippen molar-refractivity contribution in [3.63, 3.8) is 0 Å². The monoisotopic (exact) mass is 139 g/mol. The van der Waals surface area contributed by atoms with Gasteiger partial charge in [0.25, 0.3) is 0 Å². The molecule has 0 aliphatic heterocycles. The molecule has 0 aromatic heterocycles. The van der Waals surface area contributed by atoms with Gasteiger partial charge in [0.15, 0.2) is 0 Å². The largest absolute Gasteiger partial charge is 0.312 e. The van der Waals surface area contributed by atoms with Gasteiger partial charge in [-0.15, -0.1) is 0 Å². The fourth-order valence-corrected chi connectivity index (χ4v) is 0.984. The van der Waals surface area contributed by atoms with Crippen LogP contribution < -0.4 is 0 Å². The van der Waals surface area contributed by atoms with E-state index in [-0.39, 0.29) is 11.7 Å². The van der Waals surface area contributed by atoms with Crippen LogP contribution in [0.4, 0.5) is 4.39 Å². The van der Waals surface area contributed by atoms with E-state index >= 15 is 0 Å². The molecule has 10 heavy (non-hydrogen) atoms. The van der Waals surface area contributed by atoms with Crippen LogP contribution in [-0.4, -0.2) is 6.21 Å². The molecule has 0 heterocycles. The Hall–Kier alpha value is -0.920. The topological polar surface area (TPSA) is 23.9 Å². The predicted octanol–water partition coefficient (Wildman–Crippen LogP) is 2.46. The van der Waals surface area contributed by atoms with E-state index in [4.69, 9.17) is 5.41 Å². The lowest BCUT2D eigenvalue weighted by Gasteiger charge is -2.11. The number of hydrogen-bond donors (Lipinski definition) is 1. The summed E-state index contributed by atoms with van der Waals surface area (Å²) in [5.74, 6) is -0.0300. The summed E-state index contributed by atoms with van der Waals surface area (Å²) in [4.78, 5) is 0. The summed E-state index contributed by atoms with van der Waals surface area (Å²) >= 11 is 0. The highest BCUT2D eigenvalue weighted by Gasteiger charge is 2.10. The molecule has 1 unspecified atom stereocenters. The van der Waals surface area contributed by atoms with Crippen LogP contribution in [0.15, 0.2) is 23.6 Å². The third kappa shape index (κ3) is 1.32. The van der Waals surface area contributed by atoms with Gasteiger partial charge in [0.05, 0.1) is 0 Å². The van der Waals surface area contributed by atoms with Gasteiger partial charge in [-0.1, -0.05) is 6.08 Å². The summed E-state index contributed by atoms with van der Waals surface area (Å²) < 4.78 is 12.6. The average Bonchev–Trinajstić information content (AvgIpc) is 1.95. The van der Waals surface area contributed by atoms with E-state index in [1.54, 1.807) is 13.0 Å². The summed E-state index contributed by atoms with van der Waals surface area (Å²) in [6, 6.07) is 0. The van der Waals surface area contributed by atoms with Crippen molar-refractivity contribution < 1.29 is 4.39 Å². The lowest BCUT2D eigenvalue weighted by molar-refractivity contribution is 0.625. The van der Waals surface area contributed by atoms with Crippen molar-refractivity contribution in [3.8, 4) is 0 Å². The van der Waals surface area contributed by atoms with Gasteiger partial charge >= 0.3 is 0 Å². The quantitative estimate of drug-likeness (QED) is 0.539. The Labute approximate surface area is 59.8 Å². The smallest absolute Gasteiger partial charge is 0.121 e. The molecule has 1 aliphatic rings. The Bertz CT molecular complexity index is 203. The molecule has 0 fully saturated rings. The van der Waals surface area contributed by atoms with Gasteiger partial charge in [-0.05, 0) is 25.0 Å². The SMILES string of the molecule is CC1=C(F)C=CC(C=N)C1. The van der Waals surface area contributed by atoms with Crippen molar-refractivity contribution in [2.45, 2.75) is 13.3 Å². The highest BCUT2D eigenvalue weighted by Crippen LogP contribution is 2.22. The molecule has 1 N–H and O–H groups in total. The minimum absolute atomic E-state index is 0.111. The second-order valence-corrected chi connectivity index (χ2v) is 2.52. The first-order valence-corrected chi connectivity index (χ1v) is 3.28. The first kappa shape index (κ1) is 7.19. The number of nitrogens with one attached hydrogen (secondary N) is 1. The van der Waals surface area contributed by atoms with Crippen LogP contribution in [-0.2, 0) is 0 Å². The van der Waals surface area contributed by atoms with Gasteiger partial charge in [-0.25, -0.2) is 4.39 Å². The van der Waals surface area contributed by atoms with Gasteiger partial charge in [0, 0.05) is 12.1 Å². The molecular formula is C8H10FN. The maximum absolute atomic E-state index is 12.6. The molecular weight excluding hydrogens is 129 g/mol. The van der Waals surface area contributed by atoms with Crippen LogP contribution >= 0.6 is 0 Å². The van der Waals surface area contributed by atoms with Crippen LogP contribution in [0.1, 0.15) is 13.3 Å². The average molecular weight is 139 g/mol. The third-order valence-electron chi connectivity index (χ3n) is 1.65. The normalized spacial score (nSPS) is 25.2. The lowest BCUT2D eigenvalue weighted by Crippen LogP contribution is -2.02. The number of hydrogen-bond acceptors (Lipinski definition) is 1. The molecule has 0 saturated carbocycles. The molecule has 0 spiro atoms. The molecule has 0 bridgehead atoms. The second-order valence-electron chi connectivity index (χ2n) is 2.52. The van der Waals surface area contributed by atoms with E-state index < -0.39 is 0 Å². The van der Waals surface area contributed by atoms with E-state index in [0.717, 1.165) is 5.57 Å². The molecule has 1 aliphatic carbocycles. The minimum atomic E-state index is -0.141. The van der Waals surface area contributed by atoms with Crippen molar-refractivity contribution >= 4 is 6.21 Å². The van der Waals surface area contributed by atoms with Crippen LogP contribution in [0.5, 0.6) is 0 Å². The number of halogens is 1.